The largest absolute Gasteiger partial charge is 0.456 e. The summed E-state index contributed by atoms with van der Waals surface area (Å²) in [7, 11) is 0. The van der Waals surface area contributed by atoms with Crippen molar-refractivity contribution in [1.82, 2.24) is 0 Å². The number of fused-ring (bicyclic) bond motifs is 9. The Morgan fingerprint density at radius 1 is 0.357 bits per heavy atom. The van der Waals surface area contributed by atoms with E-state index in [1.807, 2.05) is 12.1 Å². The normalized spacial score (nSPS) is 11.8. The summed E-state index contributed by atoms with van der Waals surface area (Å²) < 4.78 is 6.19. The molecule has 0 spiro atoms. The second-order valence-electron chi connectivity index (χ2n) is 11.0. The highest BCUT2D eigenvalue weighted by Gasteiger charge is 2.19. The van der Waals surface area contributed by atoms with Gasteiger partial charge in [0.2, 0.25) is 0 Å². The smallest absolute Gasteiger partial charge is 0.136 e. The molecule has 0 fully saturated rings. The third-order valence-electron chi connectivity index (χ3n) is 8.56. The number of anilines is 3. The zero-order valence-electron chi connectivity index (χ0n) is 22.8. The monoisotopic (exact) mass is 535 g/mol. The van der Waals surface area contributed by atoms with Gasteiger partial charge in [0, 0.05) is 27.5 Å². The predicted molar refractivity (Wildman–Crippen MR) is 178 cm³/mol. The van der Waals surface area contributed by atoms with E-state index in [-0.39, 0.29) is 0 Å². The summed E-state index contributed by atoms with van der Waals surface area (Å²) in [5, 5.41) is 12.2. The number of nitrogens with zero attached hydrogens (tertiary/aromatic N) is 1. The fourth-order valence-electron chi connectivity index (χ4n) is 6.63. The molecule has 0 atom stereocenters. The second-order valence-corrected chi connectivity index (χ2v) is 11.0. The van der Waals surface area contributed by atoms with Crippen LogP contribution >= 0.6 is 0 Å². The van der Waals surface area contributed by atoms with Gasteiger partial charge in [-0.3, -0.25) is 0 Å². The maximum absolute atomic E-state index is 6.19. The van der Waals surface area contributed by atoms with Crippen LogP contribution in [0.1, 0.15) is 0 Å². The van der Waals surface area contributed by atoms with Crippen molar-refractivity contribution in [3.05, 3.63) is 152 Å². The molecule has 196 valence electrons. The lowest BCUT2D eigenvalue weighted by Crippen LogP contribution is -2.10. The van der Waals surface area contributed by atoms with E-state index in [4.69, 9.17) is 4.42 Å². The molecule has 0 saturated heterocycles. The average Bonchev–Trinajstić information content (AvgIpc) is 3.41. The Balaban J connectivity index is 1.36. The third kappa shape index (κ3) is 3.45. The van der Waals surface area contributed by atoms with Crippen molar-refractivity contribution in [3.8, 4) is 0 Å². The minimum Gasteiger partial charge on any atom is -0.456 e. The van der Waals surface area contributed by atoms with Gasteiger partial charge in [0.15, 0.2) is 0 Å². The topological polar surface area (TPSA) is 16.4 Å². The quantitative estimate of drug-likeness (QED) is 0.209. The van der Waals surface area contributed by atoms with Crippen molar-refractivity contribution < 1.29 is 4.42 Å². The van der Waals surface area contributed by atoms with Gasteiger partial charge >= 0.3 is 0 Å². The Labute approximate surface area is 242 Å². The molecule has 1 aromatic heterocycles. The first-order chi connectivity index (χ1) is 20.8. The molecule has 2 heteroatoms. The van der Waals surface area contributed by atoms with Crippen LogP contribution in [-0.4, -0.2) is 0 Å². The van der Waals surface area contributed by atoms with Crippen molar-refractivity contribution in [2.45, 2.75) is 0 Å². The summed E-state index contributed by atoms with van der Waals surface area (Å²) in [4.78, 5) is 2.40. The van der Waals surface area contributed by atoms with Crippen LogP contribution in [0, 0.1) is 0 Å². The molecular formula is C40H25NO. The summed E-state index contributed by atoms with van der Waals surface area (Å²) in [6, 6.07) is 54.5. The molecule has 0 unspecified atom stereocenters. The van der Waals surface area contributed by atoms with Crippen molar-refractivity contribution in [3.63, 3.8) is 0 Å². The summed E-state index contributed by atoms with van der Waals surface area (Å²) in [5.41, 5.74) is 5.24. The molecule has 9 aromatic rings. The summed E-state index contributed by atoms with van der Waals surface area (Å²) in [6.45, 7) is 0. The molecule has 42 heavy (non-hydrogen) atoms. The minimum atomic E-state index is 0.920. The molecule has 9 rings (SSSR count). The predicted octanol–water partition coefficient (Wildman–Crippen LogP) is 11.7. The summed E-state index contributed by atoms with van der Waals surface area (Å²) >= 11 is 0. The van der Waals surface area contributed by atoms with E-state index in [2.05, 4.69) is 144 Å². The first kappa shape index (κ1) is 23.1. The molecule has 0 aliphatic heterocycles. The molecule has 8 aromatic carbocycles. The molecule has 0 radical (unpaired) electrons. The Kier molecular flexibility index (Phi) is 4.93. The van der Waals surface area contributed by atoms with Crippen LogP contribution in [0.4, 0.5) is 17.1 Å². The maximum Gasteiger partial charge on any atom is 0.136 e. The molecule has 1 heterocycles. The van der Waals surface area contributed by atoms with E-state index in [9.17, 15) is 0 Å². The van der Waals surface area contributed by atoms with Crippen molar-refractivity contribution in [2.75, 3.05) is 4.90 Å². The summed E-state index contributed by atoms with van der Waals surface area (Å²) in [5.74, 6) is 0. The van der Waals surface area contributed by atoms with Gasteiger partial charge in [-0.25, -0.2) is 0 Å². The molecule has 0 N–H and O–H groups in total. The van der Waals surface area contributed by atoms with E-state index >= 15 is 0 Å². The fraction of sp³-hybridized carbons (Fsp3) is 0. The van der Waals surface area contributed by atoms with E-state index < -0.39 is 0 Å². The molecule has 0 aliphatic rings. The number of para-hydroxylation sites is 2. The van der Waals surface area contributed by atoms with Gasteiger partial charge in [0.1, 0.15) is 11.2 Å². The van der Waals surface area contributed by atoms with Crippen LogP contribution in [0.3, 0.4) is 0 Å². The van der Waals surface area contributed by atoms with Gasteiger partial charge in [0.25, 0.3) is 0 Å². The van der Waals surface area contributed by atoms with Gasteiger partial charge in [0.05, 0.1) is 5.69 Å². The fourth-order valence-corrected chi connectivity index (χ4v) is 6.63. The third-order valence-corrected chi connectivity index (χ3v) is 8.56. The van der Waals surface area contributed by atoms with Crippen LogP contribution < -0.4 is 4.90 Å². The van der Waals surface area contributed by atoms with Crippen LogP contribution in [0.15, 0.2) is 156 Å². The summed E-state index contributed by atoms with van der Waals surface area (Å²) in [6.07, 6.45) is 0. The highest BCUT2D eigenvalue weighted by Crippen LogP contribution is 2.45. The highest BCUT2D eigenvalue weighted by molar-refractivity contribution is 6.24. The number of hydrogen-bond donors (Lipinski definition) is 0. The number of hydrogen-bond acceptors (Lipinski definition) is 2. The minimum absolute atomic E-state index is 0.920. The lowest BCUT2D eigenvalue weighted by atomic mass is 9.94. The first-order valence-electron chi connectivity index (χ1n) is 14.4. The maximum atomic E-state index is 6.19. The molecule has 2 nitrogen and oxygen atoms in total. The lowest BCUT2D eigenvalue weighted by molar-refractivity contribution is 0.669. The molecule has 0 saturated carbocycles. The van der Waals surface area contributed by atoms with Crippen molar-refractivity contribution >= 4 is 82.1 Å². The molecule has 0 amide bonds. The second kappa shape index (κ2) is 8.95. The number of benzene rings is 8. The van der Waals surface area contributed by atoms with E-state index in [0.717, 1.165) is 44.4 Å². The van der Waals surface area contributed by atoms with Gasteiger partial charge in [-0.05, 0) is 86.2 Å². The zero-order chi connectivity index (χ0) is 27.6. The Morgan fingerprint density at radius 2 is 1.05 bits per heavy atom. The van der Waals surface area contributed by atoms with Crippen molar-refractivity contribution in [2.24, 2.45) is 0 Å². The lowest BCUT2D eigenvalue weighted by Gasteiger charge is -2.28. The van der Waals surface area contributed by atoms with Gasteiger partial charge in [-0.1, -0.05) is 103 Å². The Morgan fingerprint density at radius 3 is 1.90 bits per heavy atom. The zero-order valence-corrected chi connectivity index (χ0v) is 22.8. The first-order valence-corrected chi connectivity index (χ1v) is 14.4. The standard InChI is InChI=1S/C40H25NO/c1-2-12-30(13-3-1)41(31-20-18-27-25-39-36(23-29(27)22-31)34-16-8-9-17-38(34)42-39)37-24-28-11-5-7-15-33(28)40-32-14-6-4-10-26(32)19-21-35(37)40/h1-25H. The average molecular weight is 536 g/mol. The molecule has 0 bridgehead atoms. The van der Waals surface area contributed by atoms with Crippen LogP contribution in [0.25, 0.3) is 65.0 Å². The van der Waals surface area contributed by atoms with Gasteiger partial charge in [-0.15, -0.1) is 0 Å². The van der Waals surface area contributed by atoms with Crippen molar-refractivity contribution in [1.29, 1.82) is 0 Å². The van der Waals surface area contributed by atoms with Crippen LogP contribution in [0.5, 0.6) is 0 Å². The Hall–Kier alpha value is -5.60. The van der Waals surface area contributed by atoms with E-state index in [1.165, 1.54) is 37.7 Å². The molecular weight excluding hydrogens is 510 g/mol. The van der Waals surface area contributed by atoms with Crippen LogP contribution in [0.2, 0.25) is 0 Å². The number of rotatable bonds is 3. The van der Waals surface area contributed by atoms with Gasteiger partial charge < -0.3 is 9.32 Å². The SMILES string of the molecule is c1ccc(N(c2ccc3cc4oc5ccccc5c4cc3c2)c2cc3ccccc3c3c2ccc2ccccc23)cc1. The number of furan rings is 1. The van der Waals surface area contributed by atoms with Crippen LogP contribution in [-0.2, 0) is 0 Å². The van der Waals surface area contributed by atoms with Gasteiger partial charge in [-0.2, -0.15) is 0 Å². The van der Waals surface area contributed by atoms with E-state index in [0.29, 0.717) is 0 Å². The highest BCUT2D eigenvalue weighted by atomic mass is 16.3. The Bertz CT molecular complexity index is 2460. The molecule has 0 aliphatic carbocycles. The van der Waals surface area contributed by atoms with E-state index in [1.54, 1.807) is 0 Å².